The summed E-state index contributed by atoms with van der Waals surface area (Å²) in [6.07, 6.45) is 0. The van der Waals surface area contributed by atoms with Crippen LogP contribution >= 0.6 is 68.5 Å². The molecule has 26 heteroatoms. The fourth-order valence-corrected chi connectivity index (χ4v) is 9.11. The number of rotatable bonds is 2. The van der Waals surface area contributed by atoms with Crippen LogP contribution in [0.2, 0.25) is 0 Å². The molecular weight excluding hydrogens is 978 g/mol. The summed E-state index contributed by atoms with van der Waals surface area (Å²) >= 11 is 16.4. The molecule has 61 heavy (non-hydrogen) atoms. The van der Waals surface area contributed by atoms with E-state index in [1.807, 2.05) is 0 Å². The topological polar surface area (TPSA) is 157 Å². The van der Waals surface area contributed by atoms with Crippen LogP contribution in [0.5, 0.6) is 0 Å². The van der Waals surface area contributed by atoms with Crippen molar-refractivity contribution >= 4 is 140 Å². The molecule has 0 bridgehead atoms. The Kier molecular flexibility index (Phi) is 16.7. The molecule has 0 fully saturated rings. The highest BCUT2D eigenvalue weighted by atomic mass is 35.5. The highest BCUT2D eigenvalue weighted by Crippen LogP contribution is 2.27. The molecule has 0 aliphatic carbocycles. The number of halogens is 8. The summed E-state index contributed by atoms with van der Waals surface area (Å²) in [4.78, 5) is 11.8. The van der Waals surface area contributed by atoms with Gasteiger partial charge in [-0.15, -0.1) is 23.2 Å². The van der Waals surface area contributed by atoms with Crippen molar-refractivity contribution < 1.29 is 61.4 Å². The van der Waals surface area contributed by atoms with Crippen LogP contribution in [-0.4, -0.2) is 51.4 Å². The Morgan fingerprint density at radius 3 is 1.08 bits per heavy atom. The first-order valence-corrected chi connectivity index (χ1v) is 23.6. The Hall–Kier alpha value is -3.98. The van der Waals surface area contributed by atoms with Gasteiger partial charge in [0.25, 0.3) is 0 Å². The van der Waals surface area contributed by atoms with Gasteiger partial charge in [-0.05, 0) is 71.2 Å². The maximum atomic E-state index is 10.7. The standard InChI is InChI=1S/2C16H14N3S2.CH2Cl2.2CHF3O3S/c2*1-18-11-7-3-5-9-13(11)20-15(18)17-16-19(2)12-8-4-6-10-14(12)21-16;2-1-3;2*2-1(3,4)8(5,6)7/h2*3-10H,1-2H3;1H2;2*(H,5,6,7)/q2*+1;;;/p-2. The number of fused-ring (bicyclic) bond motifs is 4. The molecular formula is C35H30Cl2F6N6O6S6. The number of alkyl halides is 8. The lowest BCUT2D eigenvalue weighted by Gasteiger charge is -2.08. The molecule has 0 N–H and O–H groups in total. The number of para-hydroxylation sites is 4. The quantitative estimate of drug-likeness (QED) is 0.0556. The maximum absolute atomic E-state index is 10.7. The molecule has 0 aliphatic rings. The van der Waals surface area contributed by atoms with Gasteiger partial charge in [-0.25, -0.2) is 26.0 Å². The zero-order valence-electron chi connectivity index (χ0n) is 31.6. The van der Waals surface area contributed by atoms with Gasteiger partial charge in [0.1, 0.15) is 11.0 Å². The first-order chi connectivity index (χ1) is 28.4. The second-order valence-corrected chi connectivity index (χ2v) is 19.4. The first kappa shape index (κ1) is 49.7. The van der Waals surface area contributed by atoms with E-state index in [-0.39, 0.29) is 5.34 Å². The lowest BCUT2D eigenvalue weighted by atomic mass is 10.3. The smallest absolute Gasteiger partial charge is 0.485 e. The predicted molar refractivity (Wildman–Crippen MR) is 226 cm³/mol. The monoisotopic (exact) mass is 1010 g/mol. The molecule has 0 spiro atoms. The van der Waals surface area contributed by atoms with E-state index in [2.05, 4.69) is 144 Å². The molecule has 0 amide bonds. The molecule has 0 atom stereocenters. The zero-order valence-corrected chi connectivity index (χ0v) is 38.0. The zero-order chi connectivity index (χ0) is 45.5. The van der Waals surface area contributed by atoms with Gasteiger partial charge >= 0.3 is 30.9 Å². The Balaban J connectivity index is 0.000000192. The summed E-state index contributed by atoms with van der Waals surface area (Å²) in [5.41, 5.74) is -6.38. The third-order valence-electron chi connectivity index (χ3n) is 7.81. The molecule has 4 aromatic heterocycles. The van der Waals surface area contributed by atoms with Gasteiger partial charge in [0.05, 0.1) is 49.3 Å². The minimum absolute atomic E-state index is 0.194. The highest BCUT2D eigenvalue weighted by Gasteiger charge is 2.37. The molecule has 328 valence electrons. The van der Waals surface area contributed by atoms with E-state index >= 15 is 0 Å². The van der Waals surface area contributed by atoms with Crippen molar-refractivity contribution in [1.29, 1.82) is 0 Å². The van der Waals surface area contributed by atoms with E-state index in [0.717, 1.165) is 19.9 Å². The van der Waals surface area contributed by atoms with Crippen molar-refractivity contribution in [3.8, 4) is 0 Å². The van der Waals surface area contributed by atoms with Crippen molar-refractivity contribution in [2.45, 2.75) is 11.0 Å². The summed E-state index contributed by atoms with van der Waals surface area (Å²) in [5, 5.41) is 2.25. The van der Waals surface area contributed by atoms with Gasteiger partial charge in [0.2, 0.25) is 0 Å². The largest absolute Gasteiger partial charge is 0.741 e. The number of aromatic nitrogens is 4. The first-order valence-electron chi connectivity index (χ1n) is 16.5. The Bertz CT molecular complexity index is 2950. The normalized spacial score (nSPS) is 12.6. The van der Waals surface area contributed by atoms with Crippen LogP contribution in [0, 0.1) is 0 Å². The van der Waals surface area contributed by atoms with Gasteiger partial charge in [-0.2, -0.15) is 26.3 Å². The third kappa shape index (κ3) is 12.6. The molecule has 0 saturated heterocycles. The number of aryl methyl sites for hydroxylation is 4. The summed E-state index contributed by atoms with van der Waals surface area (Å²) in [6, 6.07) is 33.7. The van der Waals surface area contributed by atoms with Crippen molar-refractivity contribution in [3.05, 3.63) is 107 Å². The number of hydrogen-bond acceptors (Lipinski definition) is 12. The van der Waals surface area contributed by atoms with Gasteiger partial charge in [-0.3, -0.25) is 9.13 Å². The second kappa shape index (κ2) is 20.5. The fraction of sp³-hybridized carbons (Fsp3) is 0.200. The molecule has 4 aromatic carbocycles. The number of thiazole rings is 4. The highest BCUT2D eigenvalue weighted by molar-refractivity contribution is 7.86. The Morgan fingerprint density at radius 1 is 0.557 bits per heavy atom. The third-order valence-corrected chi connectivity index (χ3v) is 13.4. The molecule has 0 radical (unpaired) electrons. The lowest BCUT2D eigenvalue weighted by Crippen LogP contribution is -2.26. The van der Waals surface area contributed by atoms with Gasteiger partial charge < -0.3 is 9.11 Å². The summed E-state index contributed by atoms with van der Waals surface area (Å²) < 4.78 is 131. The van der Waals surface area contributed by atoms with Gasteiger partial charge in [0.15, 0.2) is 20.2 Å². The average Bonchev–Trinajstić information content (AvgIpc) is 3.89. The van der Waals surface area contributed by atoms with E-state index in [4.69, 9.17) is 59.1 Å². The molecule has 8 aromatic rings. The summed E-state index contributed by atoms with van der Waals surface area (Å²) in [7, 11) is -3.88. The SMILES string of the molecule is ClCCl.Cn1/c(=N/c2sc3ccccc3[n+]2C)sc2ccccc21.Cn1/c(=N/c2sc3ccccc3[n+]2C)sc2ccccc21.O=S(=O)([O-])C(F)(F)F.O=S(=O)([O-])C(F)(F)F. The van der Waals surface area contributed by atoms with Crippen LogP contribution < -0.4 is 18.7 Å². The maximum Gasteiger partial charge on any atom is 0.485 e. The van der Waals surface area contributed by atoms with Crippen LogP contribution in [0.25, 0.3) is 40.9 Å². The molecule has 4 heterocycles. The summed E-state index contributed by atoms with van der Waals surface area (Å²) in [6.45, 7) is 0. The van der Waals surface area contributed by atoms with Crippen molar-refractivity contribution in [2.24, 2.45) is 38.2 Å². The van der Waals surface area contributed by atoms with Crippen LogP contribution in [0.1, 0.15) is 0 Å². The van der Waals surface area contributed by atoms with E-state index in [1.54, 1.807) is 45.3 Å². The van der Waals surface area contributed by atoms with Gasteiger partial charge in [-0.1, -0.05) is 71.2 Å². The van der Waals surface area contributed by atoms with Crippen molar-refractivity contribution in [2.75, 3.05) is 5.34 Å². The minimum Gasteiger partial charge on any atom is -0.741 e. The molecule has 12 nitrogen and oxygen atoms in total. The fourth-order valence-electron chi connectivity index (χ4n) is 4.92. The number of benzene rings is 4. The second-order valence-electron chi connectivity index (χ2n) is 11.8. The Labute approximate surface area is 369 Å². The lowest BCUT2D eigenvalue weighted by molar-refractivity contribution is -0.627. The van der Waals surface area contributed by atoms with E-state index in [9.17, 15) is 26.3 Å². The van der Waals surface area contributed by atoms with Crippen LogP contribution in [0.3, 0.4) is 0 Å². The molecule has 8 rings (SSSR count). The molecule has 0 aliphatic heterocycles. The number of nitrogens with zero attached hydrogens (tertiary/aromatic N) is 6. The van der Waals surface area contributed by atoms with Crippen LogP contribution in [-0.2, 0) is 48.4 Å². The van der Waals surface area contributed by atoms with Crippen molar-refractivity contribution in [3.63, 3.8) is 0 Å². The predicted octanol–water partition coefficient (Wildman–Crippen LogP) is 8.55. The van der Waals surface area contributed by atoms with Crippen molar-refractivity contribution in [1.82, 2.24) is 9.13 Å². The Morgan fingerprint density at radius 2 is 0.820 bits per heavy atom. The van der Waals surface area contributed by atoms with Crippen LogP contribution in [0.15, 0.2) is 107 Å². The van der Waals surface area contributed by atoms with E-state index in [1.165, 1.54) is 40.9 Å². The average molecular weight is 1010 g/mol. The molecule has 0 saturated carbocycles. The number of hydrogen-bond donors (Lipinski definition) is 0. The van der Waals surface area contributed by atoms with Gasteiger partial charge in [0, 0.05) is 24.1 Å². The van der Waals surface area contributed by atoms with Crippen LogP contribution in [0.4, 0.5) is 36.6 Å². The van der Waals surface area contributed by atoms with E-state index in [0.29, 0.717) is 0 Å². The minimum atomic E-state index is -6.09. The summed E-state index contributed by atoms with van der Waals surface area (Å²) in [5.74, 6) is 0. The van der Waals surface area contributed by atoms with E-state index < -0.39 is 31.3 Å². The molecule has 0 unspecified atom stereocenters.